The van der Waals surface area contributed by atoms with Crippen LogP contribution < -0.4 is 0 Å². The molecule has 0 N–H and O–H groups in total. The first-order valence-electron chi connectivity index (χ1n) is 2.69. The molecular formula is C5H11NS. The molecule has 1 rings (SSSR count). The van der Waals surface area contributed by atoms with Crippen molar-refractivity contribution in [2.75, 3.05) is 13.6 Å². The summed E-state index contributed by atoms with van der Waals surface area (Å²) in [6, 6.07) is 0. The van der Waals surface area contributed by atoms with Crippen LogP contribution in [0.3, 0.4) is 0 Å². The van der Waals surface area contributed by atoms with Gasteiger partial charge in [-0.1, -0.05) is 0 Å². The van der Waals surface area contributed by atoms with E-state index < -0.39 is 0 Å². The monoisotopic (exact) mass is 117 g/mol. The summed E-state index contributed by atoms with van der Waals surface area (Å²) >= 11 is 4.31. The van der Waals surface area contributed by atoms with Crippen LogP contribution in [-0.2, 0) is 0 Å². The average molecular weight is 117 g/mol. The maximum Gasteiger partial charge on any atom is 0.0525 e. The van der Waals surface area contributed by atoms with E-state index in [2.05, 4.69) is 24.6 Å². The lowest BCUT2D eigenvalue weighted by molar-refractivity contribution is 0.393. The van der Waals surface area contributed by atoms with Crippen LogP contribution in [0.2, 0.25) is 0 Å². The van der Waals surface area contributed by atoms with Gasteiger partial charge in [0, 0.05) is 0 Å². The Labute approximate surface area is 50.1 Å². The Bertz CT molecular complexity index is 57.1. The summed E-state index contributed by atoms with van der Waals surface area (Å²) in [5, 5.41) is 0.542. The van der Waals surface area contributed by atoms with Crippen molar-refractivity contribution < 1.29 is 0 Å². The molecule has 2 heteroatoms. The molecule has 1 aliphatic rings. The van der Waals surface area contributed by atoms with Crippen molar-refractivity contribution in [2.45, 2.75) is 18.2 Å². The lowest BCUT2D eigenvalue weighted by atomic mass is 10.4. The average Bonchev–Trinajstić information content (AvgIpc) is 1.91. The maximum absolute atomic E-state index is 4.31. The molecule has 0 spiro atoms. The number of hydrogen-bond donors (Lipinski definition) is 1. The first-order chi connectivity index (χ1) is 3.30. The summed E-state index contributed by atoms with van der Waals surface area (Å²) < 4.78 is 0. The fourth-order valence-corrected chi connectivity index (χ4v) is 1.19. The Morgan fingerprint density at radius 3 is 2.57 bits per heavy atom. The molecule has 0 aliphatic carbocycles. The van der Waals surface area contributed by atoms with Gasteiger partial charge in [-0.2, -0.15) is 12.6 Å². The first-order valence-corrected chi connectivity index (χ1v) is 3.20. The SMILES string of the molecule is CN1CCC[C@@H]1S. The Kier molecular flexibility index (Phi) is 1.60. The molecule has 1 fully saturated rings. The van der Waals surface area contributed by atoms with Crippen LogP contribution in [0.25, 0.3) is 0 Å². The second-order valence-electron chi connectivity index (χ2n) is 2.10. The molecule has 0 radical (unpaired) electrons. The van der Waals surface area contributed by atoms with E-state index in [1.165, 1.54) is 19.4 Å². The molecule has 7 heavy (non-hydrogen) atoms. The maximum atomic E-state index is 4.31. The number of nitrogens with zero attached hydrogens (tertiary/aromatic N) is 1. The largest absolute Gasteiger partial charge is 0.295 e. The molecule has 0 bridgehead atoms. The Hall–Kier alpha value is 0.310. The van der Waals surface area contributed by atoms with Crippen LogP contribution in [0.15, 0.2) is 0 Å². The van der Waals surface area contributed by atoms with Crippen molar-refractivity contribution in [2.24, 2.45) is 0 Å². The van der Waals surface area contributed by atoms with Crippen LogP contribution in [0.4, 0.5) is 0 Å². The van der Waals surface area contributed by atoms with Crippen LogP contribution in [0, 0.1) is 0 Å². The van der Waals surface area contributed by atoms with E-state index in [1.807, 2.05) is 0 Å². The minimum Gasteiger partial charge on any atom is -0.295 e. The van der Waals surface area contributed by atoms with Gasteiger partial charge in [0.2, 0.25) is 0 Å². The molecule has 0 aromatic carbocycles. The molecule has 1 atom stereocenters. The van der Waals surface area contributed by atoms with E-state index in [-0.39, 0.29) is 0 Å². The lowest BCUT2D eigenvalue weighted by Gasteiger charge is -2.11. The Balaban J connectivity index is 2.33. The number of rotatable bonds is 0. The molecule has 0 aromatic heterocycles. The van der Waals surface area contributed by atoms with E-state index in [4.69, 9.17) is 0 Å². The first kappa shape index (κ1) is 5.45. The molecule has 1 nitrogen and oxygen atoms in total. The van der Waals surface area contributed by atoms with E-state index in [1.54, 1.807) is 0 Å². The number of thiol groups is 1. The Morgan fingerprint density at radius 2 is 2.43 bits per heavy atom. The van der Waals surface area contributed by atoms with Gasteiger partial charge in [0.15, 0.2) is 0 Å². The number of hydrogen-bond acceptors (Lipinski definition) is 2. The van der Waals surface area contributed by atoms with E-state index in [0.717, 1.165) is 0 Å². The molecule has 0 amide bonds. The summed E-state index contributed by atoms with van der Waals surface area (Å²) in [5.41, 5.74) is 0. The highest BCUT2D eigenvalue weighted by Crippen LogP contribution is 2.16. The normalized spacial score (nSPS) is 34.3. The second-order valence-corrected chi connectivity index (χ2v) is 2.70. The summed E-state index contributed by atoms with van der Waals surface area (Å²) in [6.07, 6.45) is 2.59. The van der Waals surface area contributed by atoms with Gasteiger partial charge >= 0.3 is 0 Å². The van der Waals surface area contributed by atoms with E-state index >= 15 is 0 Å². The zero-order valence-electron chi connectivity index (χ0n) is 4.59. The molecule has 0 saturated carbocycles. The van der Waals surface area contributed by atoms with Gasteiger partial charge in [0.05, 0.1) is 5.37 Å². The van der Waals surface area contributed by atoms with E-state index in [9.17, 15) is 0 Å². The van der Waals surface area contributed by atoms with Crippen molar-refractivity contribution >= 4 is 12.6 Å². The van der Waals surface area contributed by atoms with Crippen molar-refractivity contribution in [3.8, 4) is 0 Å². The summed E-state index contributed by atoms with van der Waals surface area (Å²) in [4.78, 5) is 2.27. The molecule has 42 valence electrons. The summed E-state index contributed by atoms with van der Waals surface area (Å²) in [7, 11) is 2.12. The quantitative estimate of drug-likeness (QED) is 0.463. The third-order valence-electron chi connectivity index (χ3n) is 1.48. The third kappa shape index (κ3) is 1.10. The fraction of sp³-hybridized carbons (Fsp3) is 1.00. The highest BCUT2D eigenvalue weighted by molar-refractivity contribution is 7.80. The van der Waals surface area contributed by atoms with Gasteiger partial charge in [-0.3, -0.25) is 4.90 Å². The van der Waals surface area contributed by atoms with Crippen LogP contribution in [0.1, 0.15) is 12.8 Å². The van der Waals surface area contributed by atoms with Gasteiger partial charge < -0.3 is 0 Å². The fourth-order valence-electron chi connectivity index (χ4n) is 0.893. The minimum atomic E-state index is 0.542. The smallest absolute Gasteiger partial charge is 0.0525 e. The topological polar surface area (TPSA) is 3.24 Å². The highest BCUT2D eigenvalue weighted by atomic mass is 32.1. The summed E-state index contributed by atoms with van der Waals surface area (Å²) in [6.45, 7) is 1.23. The molecule has 0 aromatic rings. The lowest BCUT2D eigenvalue weighted by Crippen LogP contribution is -2.18. The van der Waals surface area contributed by atoms with Gasteiger partial charge in [0.25, 0.3) is 0 Å². The van der Waals surface area contributed by atoms with Crippen molar-refractivity contribution in [3.05, 3.63) is 0 Å². The van der Waals surface area contributed by atoms with E-state index in [0.29, 0.717) is 5.37 Å². The van der Waals surface area contributed by atoms with Gasteiger partial charge in [-0.25, -0.2) is 0 Å². The van der Waals surface area contributed by atoms with Crippen LogP contribution in [0.5, 0.6) is 0 Å². The standard InChI is InChI=1S/C5H11NS/c1-6-4-2-3-5(6)7/h5,7H,2-4H2,1H3/t5-/m0/s1. The van der Waals surface area contributed by atoms with Gasteiger partial charge in [-0.15, -0.1) is 0 Å². The molecule has 1 saturated heterocycles. The zero-order valence-corrected chi connectivity index (χ0v) is 5.49. The van der Waals surface area contributed by atoms with Crippen molar-refractivity contribution in [1.29, 1.82) is 0 Å². The molecule has 1 heterocycles. The highest BCUT2D eigenvalue weighted by Gasteiger charge is 2.15. The van der Waals surface area contributed by atoms with Crippen LogP contribution >= 0.6 is 12.6 Å². The predicted molar refractivity (Wildman–Crippen MR) is 34.6 cm³/mol. The third-order valence-corrected chi connectivity index (χ3v) is 2.13. The van der Waals surface area contributed by atoms with Crippen molar-refractivity contribution in [3.63, 3.8) is 0 Å². The molecule has 0 unspecified atom stereocenters. The number of likely N-dealkylation sites (tertiary alicyclic amines) is 1. The summed E-state index contributed by atoms with van der Waals surface area (Å²) in [5.74, 6) is 0. The minimum absolute atomic E-state index is 0.542. The Morgan fingerprint density at radius 1 is 1.71 bits per heavy atom. The van der Waals surface area contributed by atoms with Crippen molar-refractivity contribution in [1.82, 2.24) is 4.90 Å². The van der Waals surface area contributed by atoms with Gasteiger partial charge in [0.1, 0.15) is 0 Å². The second kappa shape index (κ2) is 2.05. The zero-order chi connectivity index (χ0) is 5.28. The van der Waals surface area contributed by atoms with Gasteiger partial charge in [-0.05, 0) is 26.4 Å². The predicted octanol–water partition coefficient (Wildman–Crippen LogP) is 0.968. The van der Waals surface area contributed by atoms with Crippen LogP contribution in [-0.4, -0.2) is 23.9 Å². The molecular weight excluding hydrogens is 106 g/mol. The molecule has 1 aliphatic heterocycles.